The Hall–Kier alpha value is -0.730. The molecule has 0 rings (SSSR count). The first-order chi connectivity index (χ1) is 5.68. The quantitative estimate of drug-likeness (QED) is 0.582. The number of unbranched alkanes of at least 4 members (excludes halogenated alkanes) is 1. The summed E-state index contributed by atoms with van der Waals surface area (Å²) in [6.07, 6.45) is -3.29. The molecule has 0 aliphatic heterocycles. The van der Waals surface area contributed by atoms with E-state index in [-0.39, 0.29) is 6.54 Å². The summed E-state index contributed by atoms with van der Waals surface area (Å²) in [7, 11) is 0. The van der Waals surface area contributed by atoms with E-state index in [4.69, 9.17) is 10.4 Å². The van der Waals surface area contributed by atoms with Gasteiger partial charge in [-0.05, 0) is 13.0 Å². The molecule has 0 aliphatic rings. The van der Waals surface area contributed by atoms with Crippen molar-refractivity contribution in [3.63, 3.8) is 0 Å². The summed E-state index contributed by atoms with van der Waals surface area (Å²) in [6, 6.07) is 1.93. The lowest BCUT2D eigenvalue weighted by Gasteiger charge is -2.09. The number of aliphatic hydroxyl groups excluding tert-OH is 1. The molecule has 0 saturated carbocycles. The number of nitrogens with one attached hydrogen (secondary N) is 1. The highest BCUT2D eigenvalue weighted by molar-refractivity contribution is 4.69. The first-order valence-corrected chi connectivity index (χ1v) is 3.72. The van der Waals surface area contributed by atoms with Crippen molar-refractivity contribution in [3.05, 3.63) is 0 Å². The van der Waals surface area contributed by atoms with Crippen molar-refractivity contribution in [2.24, 2.45) is 0 Å². The molecular formula is C7H12F2N2O. The van der Waals surface area contributed by atoms with Gasteiger partial charge in [0.2, 0.25) is 0 Å². The summed E-state index contributed by atoms with van der Waals surface area (Å²) in [4.78, 5) is 0. The molecule has 0 aliphatic carbocycles. The van der Waals surface area contributed by atoms with Gasteiger partial charge in [-0.1, -0.05) is 0 Å². The SMILES string of the molecule is N#CCCCNCC(O)C(F)F. The molecule has 0 radical (unpaired) electrons. The lowest BCUT2D eigenvalue weighted by Crippen LogP contribution is -2.32. The van der Waals surface area contributed by atoms with Gasteiger partial charge in [-0.15, -0.1) is 0 Å². The van der Waals surface area contributed by atoms with E-state index in [0.717, 1.165) is 0 Å². The molecule has 0 fully saturated rings. The minimum atomic E-state index is -2.70. The van der Waals surface area contributed by atoms with E-state index in [2.05, 4.69) is 5.32 Å². The van der Waals surface area contributed by atoms with Gasteiger partial charge in [0.15, 0.2) is 0 Å². The van der Waals surface area contributed by atoms with Crippen LogP contribution in [0.2, 0.25) is 0 Å². The molecule has 12 heavy (non-hydrogen) atoms. The molecule has 0 aromatic heterocycles. The Morgan fingerprint density at radius 1 is 1.50 bits per heavy atom. The first kappa shape index (κ1) is 11.3. The molecule has 0 amide bonds. The number of hydrogen-bond donors (Lipinski definition) is 2. The van der Waals surface area contributed by atoms with Gasteiger partial charge in [0, 0.05) is 13.0 Å². The predicted octanol–water partition coefficient (Wildman–Crippen LogP) is 0.506. The summed E-state index contributed by atoms with van der Waals surface area (Å²) in [5, 5.41) is 19.3. The average molecular weight is 178 g/mol. The van der Waals surface area contributed by atoms with Crippen LogP contribution in [-0.4, -0.2) is 30.7 Å². The second-order valence-electron chi connectivity index (χ2n) is 2.37. The number of aliphatic hydroxyl groups is 1. The van der Waals surface area contributed by atoms with Gasteiger partial charge in [-0.3, -0.25) is 0 Å². The molecule has 2 N–H and O–H groups in total. The third kappa shape index (κ3) is 6.01. The van der Waals surface area contributed by atoms with Gasteiger partial charge >= 0.3 is 0 Å². The monoisotopic (exact) mass is 178 g/mol. The molecule has 5 heteroatoms. The molecule has 0 heterocycles. The molecule has 70 valence electrons. The van der Waals surface area contributed by atoms with Crippen molar-refractivity contribution in [3.8, 4) is 6.07 Å². The van der Waals surface area contributed by atoms with Crippen LogP contribution >= 0.6 is 0 Å². The lowest BCUT2D eigenvalue weighted by atomic mass is 10.3. The minimum absolute atomic E-state index is 0.122. The van der Waals surface area contributed by atoms with Gasteiger partial charge in [0.1, 0.15) is 6.10 Å². The number of hydrogen-bond acceptors (Lipinski definition) is 3. The molecule has 1 unspecified atom stereocenters. The Kier molecular flexibility index (Phi) is 6.53. The van der Waals surface area contributed by atoms with Crippen molar-refractivity contribution >= 4 is 0 Å². The van der Waals surface area contributed by atoms with Crippen molar-refractivity contribution in [2.75, 3.05) is 13.1 Å². The molecule has 0 spiro atoms. The predicted molar refractivity (Wildman–Crippen MR) is 39.7 cm³/mol. The standard InChI is InChI=1S/C7H12F2N2O/c8-7(9)6(12)5-11-4-2-1-3-10/h6-7,11-12H,1-2,4-5H2. The van der Waals surface area contributed by atoms with E-state index in [1.54, 1.807) is 0 Å². The normalized spacial score (nSPS) is 12.9. The zero-order valence-electron chi connectivity index (χ0n) is 6.63. The maximum Gasteiger partial charge on any atom is 0.265 e. The highest BCUT2D eigenvalue weighted by Gasteiger charge is 2.15. The number of rotatable bonds is 6. The van der Waals surface area contributed by atoms with E-state index >= 15 is 0 Å². The van der Waals surface area contributed by atoms with Crippen LogP contribution in [0.25, 0.3) is 0 Å². The van der Waals surface area contributed by atoms with Crippen LogP contribution < -0.4 is 5.32 Å². The minimum Gasteiger partial charge on any atom is -0.386 e. The number of halogens is 2. The number of alkyl halides is 2. The molecular weight excluding hydrogens is 166 g/mol. The van der Waals surface area contributed by atoms with Crippen LogP contribution in [0.4, 0.5) is 8.78 Å². The summed E-state index contributed by atoms with van der Waals surface area (Å²) in [6.45, 7) is 0.362. The summed E-state index contributed by atoms with van der Waals surface area (Å²) < 4.78 is 23.3. The lowest BCUT2D eigenvalue weighted by molar-refractivity contribution is -0.00314. The van der Waals surface area contributed by atoms with E-state index in [1.807, 2.05) is 6.07 Å². The van der Waals surface area contributed by atoms with Crippen molar-refractivity contribution in [2.45, 2.75) is 25.4 Å². The van der Waals surface area contributed by atoms with Crippen molar-refractivity contribution in [1.82, 2.24) is 5.32 Å². The zero-order valence-corrected chi connectivity index (χ0v) is 6.63. The van der Waals surface area contributed by atoms with Gasteiger partial charge in [-0.2, -0.15) is 5.26 Å². The fourth-order valence-electron chi connectivity index (χ4n) is 0.631. The molecule has 0 saturated heterocycles. The molecule has 0 aromatic carbocycles. The molecule has 1 atom stereocenters. The maximum atomic E-state index is 11.7. The zero-order chi connectivity index (χ0) is 9.40. The third-order valence-electron chi connectivity index (χ3n) is 1.29. The van der Waals surface area contributed by atoms with Crippen LogP contribution in [0.3, 0.4) is 0 Å². The largest absolute Gasteiger partial charge is 0.386 e. The maximum absolute atomic E-state index is 11.7. The van der Waals surface area contributed by atoms with Crippen LogP contribution in [-0.2, 0) is 0 Å². The fraction of sp³-hybridized carbons (Fsp3) is 0.857. The molecule has 0 bridgehead atoms. The summed E-state index contributed by atoms with van der Waals surface area (Å²) in [5.41, 5.74) is 0. The van der Waals surface area contributed by atoms with Gasteiger partial charge in [0.05, 0.1) is 6.07 Å². The Labute approximate surface area is 70.0 Å². The van der Waals surface area contributed by atoms with E-state index in [0.29, 0.717) is 19.4 Å². The Bertz CT molecular complexity index is 147. The smallest absolute Gasteiger partial charge is 0.265 e. The van der Waals surface area contributed by atoms with Crippen molar-refractivity contribution < 1.29 is 13.9 Å². The Balaban J connectivity index is 3.15. The molecule has 3 nitrogen and oxygen atoms in total. The van der Waals surface area contributed by atoms with Crippen molar-refractivity contribution in [1.29, 1.82) is 5.26 Å². The fourth-order valence-corrected chi connectivity index (χ4v) is 0.631. The highest BCUT2D eigenvalue weighted by atomic mass is 19.3. The third-order valence-corrected chi connectivity index (χ3v) is 1.29. The Morgan fingerprint density at radius 3 is 2.67 bits per heavy atom. The second-order valence-corrected chi connectivity index (χ2v) is 2.37. The van der Waals surface area contributed by atoms with E-state index in [1.165, 1.54) is 0 Å². The van der Waals surface area contributed by atoms with Crippen LogP contribution in [0.15, 0.2) is 0 Å². The average Bonchev–Trinajstić information content (AvgIpc) is 2.03. The van der Waals surface area contributed by atoms with Crippen LogP contribution in [0, 0.1) is 11.3 Å². The highest BCUT2D eigenvalue weighted by Crippen LogP contribution is 1.98. The van der Waals surface area contributed by atoms with Gasteiger partial charge < -0.3 is 10.4 Å². The van der Waals surface area contributed by atoms with Gasteiger partial charge in [0.25, 0.3) is 6.43 Å². The number of nitrogens with zero attached hydrogens (tertiary/aromatic N) is 1. The van der Waals surface area contributed by atoms with E-state index < -0.39 is 12.5 Å². The topological polar surface area (TPSA) is 56.0 Å². The summed E-state index contributed by atoms with van der Waals surface area (Å²) in [5.74, 6) is 0. The number of nitriles is 1. The van der Waals surface area contributed by atoms with Crippen LogP contribution in [0.1, 0.15) is 12.8 Å². The molecule has 0 aromatic rings. The van der Waals surface area contributed by atoms with E-state index in [9.17, 15) is 8.78 Å². The second kappa shape index (κ2) is 6.95. The van der Waals surface area contributed by atoms with Crippen LogP contribution in [0.5, 0.6) is 0 Å². The summed E-state index contributed by atoms with van der Waals surface area (Å²) >= 11 is 0. The van der Waals surface area contributed by atoms with Gasteiger partial charge in [-0.25, -0.2) is 8.78 Å². The Morgan fingerprint density at radius 2 is 2.17 bits per heavy atom. The first-order valence-electron chi connectivity index (χ1n) is 3.72.